The van der Waals surface area contributed by atoms with Crippen LogP contribution in [0.3, 0.4) is 0 Å². The van der Waals surface area contributed by atoms with Gasteiger partial charge >= 0.3 is 0 Å². The van der Waals surface area contributed by atoms with Crippen molar-refractivity contribution in [3.63, 3.8) is 0 Å². The third-order valence-corrected chi connectivity index (χ3v) is 1.81. The van der Waals surface area contributed by atoms with E-state index in [1.54, 1.807) is 0 Å². The third-order valence-electron chi connectivity index (χ3n) is 1.17. The molecule has 0 amide bonds. The molecule has 0 aromatic rings. The molecule has 0 heterocycles. The summed E-state index contributed by atoms with van der Waals surface area (Å²) in [5.74, 6) is 0.444. The summed E-state index contributed by atoms with van der Waals surface area (Å²) >= 11 is -1.57. The lowest BCUT2D eigenvalue weighted by Gasteiger charge is -1.93. The zero-order valence-electron chi connectivity index (χ0n) is 5.80. The first kappa shape index (κ1) is 9.11. The van der Waals surface area contributed by atoms with Gasteiger partial charge in [-0.15, -0.1) is 0 Å². The highest BCUT2D eigenvalue weighted by molar-refractivity contribution is 7.79. The SMILES string of the molecule is CCCCCCS(=O)O. The second-order valence-corrected chi connectivity index (χ2v) is 3.14. The zero-order chi connectivity index (χ0) is 7.11. The molecule has 1 atom stereocenters. The maximum absolute atomic E-state index is 10.1. The molecule has 0 aromatic heterocycles. The van der Waals surface area contributed by atoms with Crippen molar-refractivity contribution >= 4 is 11.1 Å². The number of unbranched alkanes of at least 4 members (excludes halogenated alkanes) is 3. The second-order valence-electron chi connectivity index (χ2n) is 2.09. The molecule has 3 heteroatoms. The Bertz CT molecular complexity index is 83.1. The fraction of sp³-hybridized carbons (Fsp3) is 1.00. The van der Waals surface area contributed by atoms with Crippen molar-refractivity contribution in [3.8, 4) is 0 Å². The van der Waals surface area contributed by atoms with Crippen LogP contribution in [0, 0.1) is 0 Å². The van der Waals surface area contributed by atoms with E-state index in [-0.39, 0.29) is 0 Å². The Morgan fingerprint density at radius 1 is 1.33 bits per heavy atom. The first-order valence-corrected chi connectivity index (χ1v) is 4.62. The predicted octanol–water partition coefficient (Wildman–Crippen LogP) is 1.79. The summed E-state index contributed by atoms with van der Waals surface area (Å²) in [6, 6.07) is 0. The second kappa shape index (κ2) is 6.23. The molecule has 0 rings (SSSR count). The van der Waals surface area contributed by atoms with Gasteiger partial charge in [0.2, 0.25) is 0 Å². The Morgan fingerprint density at radius 2 is 2.00 bits per heavy atom. The van der Waals surface area contributed by atoms with Crippen LogP contribution in [0.2, 0.25) is 0 Å². The van der Waals surface area contributed by atoms with Gasteiger partial charge in [-0.3, -0.25) is 0 Å². The zero-order valence-corrected chi connectivity index (χ0v) is 6.62. The highest BCUT2D eigenvalue weighted by Crippen LogP contribution is 1.98. The molecule has 0 spiro atoms. The van der Waals surface area contributed by atoms with Crippen molar-refractivity contribution in [1.82, 2.24) is 0 Å². The maximum Gasteiger partial charge on any atom is 0.152 e. The van der Waals surface area contributed by atoms with Crippen LogP contribution >= 0.6 is 0 Å². The minimum absolute atomic E-state index is 0.444. The van der Waals surface area contributed by atoms with Crippen molar-refractivity contribution in [2.45, 2.75) is 32.6 Å². The Labute approximate surface area is 58.9 Å². The Hall–Kier alpha value is 0.110. The van der Waals surface area contributed by atoms with Gasteiger partial charge in [0.25, 0.3) is 0 Å². The monoisotopic (exact) mass is 150 g/mol. The van der Waals surface area contributed by atoms with Gasteiger partial charge < -0.3 is 4.55 Å². The molecule has 0 aliphatic rings. The van der Waals surface area contributed by atoms with Crippen LogP contribution in [-0.4, -0.2) is 14.5 Å². The third kappa shape index (κ3) is 8.11. The Balaban J connectivity index is 2.83. The molecular formula is C6H14O2S. The van der Waals surface area contributed by atoms with Crippen molar-refractivity contribution < 1.29 is 8.76 Å². The van der Waals surface area contributed by atoms with Crippen LogP contribution in [-0.2, 0) is 11.1 Å². The summed E-state index contributed by atoms with van der Waals surface area (Å²) in [6.07, 6.45) is 4.33. The topological polar surface area (TPSA) is 37.3 Å². The average molecular weight is 150 g/mol. The minimum atomic E-state index is -1.57. The molecule has 1 N–H and O–H groups in total. The van der Waals surface area contributed by atoms with Crippen LogP contribution in [0.25, 0.3) is 0 Å². The van der Waals surface area contributed by atoms with Gasteiger partial charge in [0.1, 0.15) is 0 Å². The quantitative estimate of drug-likeness (QED) is 0.479. The van der Waals surface area contributed by atoms with Crippen molar-refractivity contribution in [3.05, 3.63) is 0 Å². The van der Waals surface area contributed by atoms with Gasteiger partial charge in [0, 0.05) is 5.75 Å². The molecule has 9 heavy (non-hydrogen) atoms. The van der Waals surface area contributed by atoms with E-state index in [0.29, 0.717) is 5.75 Å². The smallest absolute Gasteiger partial charge is 0.152 e. The first-order valence-electron chi connectivity index (χ1n) is 3.35. The summed E-state index contributed by atoms with van der Waals surface area (Å²) in [7, 11) is 0. The summed E-state index contributed by atoms with van der Waals surface area (Å²) < 4.78 is 18.4. The molecule has 0 saturated heterocycles. The fourth-order valence-electron chi connectivity index (χ4n) is 0.652. The highest BCUT2D eigenvalue weighted by Gasteiger charge is 1.91. The van der Waals surface area contributed by atoms with Crippen LogP contribution < -0.4 is 0 Å². The van der Waals surface area contributed by atoms with E-state index in [4.69, 9.17) is 4.55 Å². The van der Waals surface area contributed by atoms with Crippen LogP contribution in [0.4, 0.5) is 0 Å². The number of hydrogen-bond donors (Lipinski definition) is 1. The lowest BCUT2D eigenvalue weighted by atomic mass is 10.2. The van der Waals surface area contributed by atoms with E-state index in [1.807, 2.05) is 0 Å². The number of hydrogen-bond acceptors (Lipinski definition) is 1. The maximum atomic E-state index is 10.1. The normalized spacial score (nSPS) is 13.6. The molecule has 0 aromatic carbocycles. The molecule has 1 unspecified atom stereocenters. The van der Waals surface area contributed by atoms with Crippen molar-refractivity contribution in [2.75, 3.05) is 5.75 Å². The molecule has 0 radical (unpaired) electrons. The first-order chi connectivity index (χ1) is 4.27. The predicted molar refractivity (Wildman–Crippen MR) is 39.8 cm³/mol. The highest BCUT2D eigenvalue weighted by atomic mass is 32.2. The molecular weight excluding hydrogens is 136 g/mol. The van der Waals surface area contributed by atoms with Crippen LogP contribution in [0.15, 0.2) is 0 Å². The Morgan fingerprint density at radius 3 is 2.44 bits per heavy atom. The van der Waals surface area contributed by atoms with E-state index in [2.05, 4.69) is 6.92 Å². The van der Waals surface area contributed by atoms with E-state index < -0.39 is 11.1 Å². The number of rotatable bonds is 5. The molecule has 2 nitrogen and oxygen atoms in total. The van der Waals surface area contributed by atoms with Crippen molar-refractivity contribution in [2.24, 2.45) is 0 Å². The fourth-order valence-corrected chi connectivity index (χ4v) is 1.10. The molecule has 0 saturated carbocycles. The van der Waals surface area contributed by atoms with Crippen LogP contribution in [0.1, 0.15) is 32.6 Å². The van der Waals surface area contributed by atoms with Gasteiger partial charge in [-0.05, 0) is 6.42 Å². The van der Waals surface area contributed by atoms with Gasteiger partial charge in [0.15, 0.2) is 11.1 Å². The van der Waals surface area contributed by atoms with E-state index in [9.17, 15) is 4.21 Å². The van der Waals surface area contributed by atoms with Crippen molar-refractivity contribution in [1.29, 1.82) is 0 Å². The lowest BCUT2D eigenvalue weighted by Crippen LogP contribution is -1.93. The summed E-state index contributed by atoms with van der Waals surface area (Å²) in [4.78, 5) is 0. The molecule has 56 valence electrons. The van der Waals surface area contributed by atoms with Gasteiger partial charge in [0.05, 0.1) is 0 Å². The summed E-state index contributed by atoms with van der Waals surface area (Å²) in [5.41, 5.74) is 0. The van der Waals surface area contributed by atoms with Gasteiger partial charge in [-0.2, -0.15) is 0 Å². The van der Waals surface area contributed by atoms with E-state index in [1.165, 1.54) is 12.8 Å². The van der Waals surface area contributed by atoms with Gasteiger partial charge in [-0.25, -0.2) is 4.21 Å². The summed E-state index contributed by atoms with van der Waals surface area (Å²) in [6.45, 7) is 2.12. The van der Waals surface area contributed by atoms with E-state index >= 15 is 0 Å². The standard InChI is InChI=1S/C6H14O2S/c1-2-3-4-5-6-9(7)8/h2-6H2,1H3,(H,7,8). The molecule has 0 aliphatic carbocycles. The molecule has 0 fully saturated rings. The lowest BCUT2D eigenvalue weighted by molar-refractivity contribution is 0.558. The summed E-state index contributed by atoms with van der Waals surface area (Å²) in [5, 5.41) is 0. The van der Waals surface area contributed by atoms with Gasteiger partial charge in [-0.1, -0.05) is 26.2 Å². The largest absolute Gasteiger partial charge is 0.306 e. The molecule has 0 aliphatic heterocycles. The van der Waals surface area contributed by atoms with Crippen LogP contribution in [0.5, 0.6) is 0 Å². The molecule has 0 bridgehead atoms. The van der Waals surface area contributed by atoms with E-state index in [0.717, 1.165) is 12.8 Å². The minimum Gasteiger partial charge on any atom is -0.306 e. The Kier molecular flexibility index (Phi) is 6.31. The average Bonchev–Trinajstić information content (AvgIpc) is 1.80.